The highest BCUT2D eigenvalue weighted by Gasteiger charge is 2.12. The van der Waals surface area contributed by atoms with Crippen molar-refractivity contribution in [1.82, 2.24) is 0 Å². The van der Waals surface area contributed by atoms with Crippen LogP contribution in [0.1, 0.15) is 20.7 Å². The first-order chi connectivity index (χ1) is 10.0. The van der Waals surface area contributed by atoms with Gasteiger partial charge in [-0.15, -0.1) is 0 Å². The first-order valence-corrected chi connectivity index (χ1v) is 6.37. The molecule has 5 nitrogen and oxygen atoms in total. The molecule has 0 fully saturated rings. The molecule has 2 aromatic carbocycles. The average molecular weight is 306 g/mol. The summed E-state index contributed by atoms with van der Waals surface area (Å²) < 4.78 is 5.05. The first-order valence-electron chi connectivity index (χ1n) is 5.99. The van der Waals surface area contributed by atoms with Gasteiger partial charge in [0.2, 0.25) is 0 Å². The van der Waals surface area contributed by atoms with Gasteiger partial charge in [-0.3, -0.25) is 4.79 Å². The SMILES string of the molecule is COc1cccc(C(=O)Nc2ccc(Cl)c(C(=O)O)c2)c1. The Morgan fingerprint density at radius 3 is 2.62 bits per heavy atom. The molecule has 0 aliphatic heterocycles. The van der Waals surface area contributed by atoms with E-state index in [0.717, 1.165) is 0 Å². The summed E-state index contributed by atoms with van der Waals surface area (Å²) in [6.07, 6.45) is 0. The van der Waals surface area contributed by atoms with Gasteiger partial charge in [0.25, 0.3) is 5.91 Å². The lowest BCUT2D eigenvalue weighted by molar-refractivity contribution is 0.0696. The third-order valence-electron chi connectivity index (χ3n) is 2.79. The number of rotatable bonds is 4. The molecule has 0 aromatic heterocycles. The Bertz CT molecular complexity index is 700. The average Bonchev–Trinajstić information content (AvgIpc) is 2.49. The minimum Gasteiger partial charge on any atom is -0.497 e. The van der Waals surface area contributed by atoms with Gasteiger partial charge in [0.05, 0.1) is 17.7 Å². The standard InChI is InChI=1S/C15H12ClNO4/c1-21-11-4-2-3-9(7-11)14(18)17-10-5-6-13(16)12(8-10)15(19)20/h2-8H,1H3,(H,17,18)(H,19,20). The number of ether oxygens (including phenoxy) is 1. The van der Waals surface area contributed by atoms with E-state index in [4.69, 9.17) is 21.4 Å². The molecule has 0 unspecified atom stereocenters. The molecular formula is C15H12ClNO4. The summed E-state index contributed by atoms with van der Waals surface area (Å²) in [5.74, 6) is -0.963. The van der Waals surface area contributed by atoms with Gasteiger partial charge in [-0.25, -0.2) is 4.79 Å². The lowest BCUT2D eigenvalue weighted by Gasteiger charge is -2.08. The summed E-state index contributed by atoms with van der Waals surface area (Å²) in [5, 5.41) is 11.7. The second-order valence-electron chi connectivity index (χ2n) is 4.19. The number of nitrogens with one attached hydrogen (secondary N) is 1. The summed E-state index contributed by atoms with van der Waals surface area (Å²) in [6.45, 7) is 0. The van der Waals surface area contributed by atoms with Crippen LogP contribution < -0.4 is 10.1 Å². The third-order valence-corrected chi connectivity index (χ3v) is 3.12. The summed E-state index contributed by atoms with van der Waals surface area (Å²) in [4.78, 5) is 23.1. The molecule has 0 spiro atoms. The van der Waals surface area contributed by atoms with Crippen LogP contribution in [-0.2, 0) is 0 Å². The van der Waals surface area contributed by atoms with E-state index in [2.05, 4.69) is 5.32 Å². The molecule has 0 atom stereocenters. The smallest absolute Gasteiger partial charge is 0.337 e. The van der Waals surface area contributed by atoms with E-state index < -0.39 is 5.97 Å². The van der Waals surface area contributed by atoms with Gasteiger partial charge in [0.15, 0.2) is 0 Å². The molecule has 0 heterocycles. The van der Waals surface area contributed by atoms with Crippen LogP contribution >= 0.6 is 11.6 Å². The predicted molar refractivity (Wildman–Crippen MR) is 79.4 cm³/mol. The van der Waals surface area contributed by atoms with Crippen LogP contribution in [0.25, 0.3) is 0 Å². The molecule has 0 aliphatic rings. The number of methoxy groups -OCH3 is 1. The Balaban J connectivity index is 2.23. The van der Waals surface area contributed by atoms with Crippen molar-refractivity contribution in [3.05, 3.63) is 58.6 Å². The second kappa shape index (κ2) is 6.28. The van der Waals surface area contributed by atoms with E-state index in [1.165, 1.54) is 25.3 Å². The van der Waals surface area contributed by atoms with Crippen molar-refractivity contribution in [2.45, 2.75) is 0 Å². The highest BCUT2D eigenvalue weighted by atomic mass is 35.5. The van der Waals surface area contributed by atoms with Crippen molar-refractivity contribution in [3.8, 4) is 5.75 Å². The summed E-state index contributed by atoms with van der Waals surface area (Å²) >= 11 is 5.77. The molecule has 108 valence electrons. The largest absolute Gasteiger partial charge is 0.497 e. The fourth-order valence-corrected chi connectivity index (χ4v) is 1.93. The molecule has 2 aromatic rings. The number of carboxylic acids is 1. The van der Waals surface area contributed by atoms with Gasteiger partial charge in [0, 0.05) is 11.3 Å². The molecule has 2 N–H and O–H groups in total. The van der Waals surface area contributed by atoms with E-state index >= 15 is 0 Å². The van der Waals surface area contributed by atoms with E-state index in [1.807, 2.05) is 0 Å². The molecule has 0 saturated heterocycles. The maximum Gasteiger partial charge on any atom is 0.337 e. The maximum atomic E-state index is 12.1. The summed E-state index contributed by atoms with van der Waals surface area (Å²) in [6, 6.07) is 10.9. The van der Waals surface area contributed by atoms with Gasteiger partial charge >= 0.3 is 5.97 Å². The van der Waals surface area contributed by atoms with Gasteiger partial charge in [-0.1, -0.05) is 17.7 Å². The minimum absolute atomic E-state index is 0.0693. The molecule has 1 amide bonds. The number of carboxylic acid groups (broad SMARTS) is 1. The molecule has 0 bridgehead atoms. The zero-order valence-corrected chi connectivity index (χ0v) is 11.8. The number of hydrogen-bond donors (Lipinski definition) is 2. The second-order valence-corrected chi connectivity index (χ2v) is 4.59. The van der Waals surface area contributed by atoms with E-state index in [1.54, 1.807) is 24.3 Å². The molecule has 2 rings (SSSR count). The molecule has 0 saturated carbocycles. The molecule has 6 heteroatoms. The Morgan fingerprint density at radius 1 is 1.19 bits per heavy atom. The van der Waals surface area contributed by atoms with E-state index in [9.17, 15) is 9.59 Å². The monoisotopic (exact) mass is 305 g/mol. The fraction of sp³-hybridized carbons (Fsp3) is 0.0667. The zero-order valence-electron chi connectivity index (χ0n) is 11.1. The molecule has 0 aliphatic carbocycles. The van der Waals surface area contributed by atoms with Crippen molar-refractivity contribution in [1.29, 1.82) is 0 Å². The van der Waals surface area contributed by atoms with Crippen molar-refractivity contribution >= 4 is 29.2 Å². The number of aromatic carboxylic acids is 1. The van der Waals surface area contributed by atoms with Crippen LogP contribution in [0, 0.1) is 0 Å². The Morgan fingerprint density at radius 2 is 1.95 bits per heavy atom. The highest BCUT2D eigenvalue weighted by molar-refractivity contribution is 6.33. The van der Waals surface area contributed by atoms with Crippen molar-refractivity contribution in [3.63, 3.8) is 0 Å². The van der Waals surface area contributed by atoms with Crippen molar-refractivity contribution in [2.75, 3.05) is 12.4 Å². The fourth-order valence-electron chi connectivity index (χ4n) is 1.73. The number of anilines is 1. The topological polar surface area (TPSA) is 75.6 Å². The quantitative estimate of drug-likeness (QED) is 0.908. The highest BCUT2D eigenvalue weighted by Crippen LogP contribution is 2.21. The normalized spacial score (nSPS) is 10.0. The Kier molecular flexibility index (Phi) is 4.45. The maximum absolute atomic E-state index is 12.1. The number of halogens is 1. The molecule has 21 heavy (non-hydrogen) atoms. The number of benzene rings is 2. The van der Waals surface area contributed by atoms with Crippen molar-refractivity contribution in [2.24, 2.45) is 0 Å². The van der Waals surface area contributed by atoms with E-state index in [-0.39, 0.29) is 16.5 Å². The van der Waals surface area contributed by atoms with Gasteiger partial charge in [-0.2, -0.15) is 0 Å². The number of carbonyl (C=O) groups excluding carboxylic acids is 1. The molecular weight excluding hydrogens is 294 g/mol. The number of amides is 1. The van der Waals surface area contributed by atoms with Crippen LogP contribution in [0.4, 0.5) is 5.69 Å². The van der Waals surface area contributed by atoms with Crippen LogP contribution in [0.2, 0.25) is 5.02 Å². The summed E-state index contributed by atoms with van der Waals surface area (Å²) in [5.41, 5.74) is 0.686. The van der Waals surface area contributed by atoms with Gasteiger partial charge in [-0.05, 0) is 36.4 Å². The first kappa shape index (κ1) is 14.9. The van der Waals surface area contributed by atoms with Crippen LogP contribution in [-0.4, -0.2) is 24.1 Å². The molecule has 0 radical (unpaired) electrons. The zero-order chi connectivity index (χ0) is 15.4. The van der Waals surface area contributed by atoms with Gasteiger partial charge in [0.1, 0.15) is 5.75 Å². The summed E-state index contributed by atoms with van der Waals surface area (Å²) in [7, 11) is 1.51. The Hall–Kier alpha value is -2.53. The van der Waals surface area contributed by atoms with Gasteiger partial charge < -0.3 is 15.2 Å². The number of carbonyl (C=O) groups is 2. The third kappa shape index (κ3) is 3.52. The van der Waals surface area contributed by atoms with E-state index in [0.29, 0.717) is 17.0 Å². The van der Waals surface area contributed by atoms with Crippen molar-refractivity contribution < 1.29 is 19.4 Å². The van der Waals surface area contributed by atoms with Crippen LogP contribution in [0.5, 0.6) is 5.75 Å². The Labute approximate surface area is 126 Å². The lowest BCUT2D eigenvalue weighted by atomic mass is 10.1. The lowest BCUT2D eigenvalue weighted by Crippen LogP contribution is -2.12. The number of hydrogen-bond acceptors (Lipinski definition) is 3. The predicted octanol–water partition coefficient (Wildman–Crippen LogP) is 3.30. The minimum atomic E-state index is -1.16. The van der Waals surface area contributed by atoms with Crippen LogP contribution in [0.3, 0.4) is 0 Å². The van der Waals surface area contributed by atoms with Crippen LogP contribution in [0.15, 0.2) is 42.5 Å².